The summed E-state index contributed by atoms with van der Waals surface area (Å²) in [6.07, 6.45) is 0. The van der Waals surface area contributed by atoms with E-state index in [9.17, 15) is 9.18 Å². The Kier molecular flexibility index (Phi) is 4.43. The van der Waals surface area contributed by atoms with Gasteiger partial charge in [0.25, 0.3) is 0 Å². The van der Waals surface area contributed by atoms with Gasteiger partial charge < -0.3 is 4.74 Å². The van der Waals surface area contributed by atoms with Gasteiger partial charge >= 0.3 is 5.97 Å². The number of esters is 1. The van der Waals surface area contributed by atoms with Crippen LogP contribution in [0.5, 0.6) is 0 Å². The summed E-state index contributed by atoms with van der Waals surface area (Å²) >= 11 is 0. The zero-order valence-corrected chi connectivity index (χ0v) is 9.66. The number of ether oxygens (including phenoxy) is 1. The summed E-state index contributed by atoms with van der Waals surface area (Å²) in [4.78, 5) is 11.2. The van der Waals surface area contributed by atoms with Gasteiger partial charge in [-0.25, -0.2) is 4.39 Å². The maximum absolute atomic E-state index is 13.4. The maximum Gasteiger partial charge on any atom is 0.322 e. The number of methoxy groups -OCH3 is 1. The van der Waals surface area contributed by atoms with Crippen molar-refractivity contribution < 1.29 is 13.9 Å². The summed E-state index contributed by atoms with van der Waals surface area (Å²) < 4.78 is 18.0. The summed E-state index contributed by atoms with van der Waals surface area (Å²) in [5.74, 6) is -0.636. The lowest BCUT2D eigenvalue weighted by Gasteiger charge is -2.18. The number of hydrogen-bond acceptors (Lipinski definition) is 3. The first-order valence-corrected chi connectivity index (χ1v) is 5.14. The summed E-state index contributed by atoms with van der Waals surface area (Å²) in [6.45, 7) is 3.49. The predicted octanol–water partition coefficient (Wildman–Crippen LogP) is 2.04. The van der Waals surface area contributed by atoms with Gasteiger partial charge in [-0.15, -0.1) is 0 Å². The van der Waals surface area contributed by atoms with E-state index in [0.29, 0.717) is 5.56 Å². The Bertz CT molecular complexity index is 368. The first-order chi connectivity index (χ1) is 7.56. The highest BCUT2D eigenvalue weighted by Crippen LogP contribution is 2.16. The third-order valence-electron chi connectivity index (χ3n) is 2.43. The summed E-state index contributed by atoms with van der Waals surface area (Å²) in [7, 11) is 1.33. The van der Waals surface area contributed by atoms with E-state index < -0.39 is 6.04 Å². The van der Waals surface area contributed by atoms with E-state index in [2.05, 4.69) is 10.1 Å². The lowest BCUT2D eigenvalue weighted by atomic mass is 10.1. The number of benzene rings is 1. The molecule has 0 aliphatic carbocycles. The second kappa shape index (κ2) is 5.61. The number of hydrogen-bond donors (Lipinski definition) is 1. The molecular formula is C12H16FNO2. The fraction of sp³-hybridized carbons (Fsp3) is 0.417. The van der Waals surface area contributed by atoms with Crippen molar-refractivity contribution >= 4 is 5.97 Å². The van der Waals surface area contributed by atoms with Crippen molar-refractivity contribution in [2.75, 3.05) is 7.11 Å². The average molecular weight is 225 g/mol. The highest BCUT2D eigenvalue weighted by atomic mass is 19.1. The third-order valence-corrected chi connectivity index (χ3v) is 2.43. The van der Waals surface area contributed by atoms with Crippen LogP contribution in [0.2, 0.25) is 0 Å². The SMILES string of the molecule is COC(=O)[C@H](C)NC(C)c1ccccc1F. The van der Waals surface area contributed by atoms with E-state index >= 15 is 0 Å². The van der Waals surface area contributed by atoms with Crippen molar-refractivity contribution in [1.29, 1.82) is 0 Å². The molecule has 0 aliphatic heterocycles. The number of halogens is 1. The molecule has 0 bridgehead atoms. The molecule has 1 N–H and O–H groups in total. The lowest BCUT2D eigenvalue weighted by Crippen LogP contribution is -2.36. The fourth-order valence-electron chi connectivity index (χ4n) is 1.54. The topological polar surface area (TPSA) is 38.3 Å². The van der Waals surface area contributed by atoms with Crippen molar-refractivity contribution in [3.05, 3.63) is 35.6 Å². The number of rotatable bonds is 4. The molecule has 88 valence electrons. The van der Waals surface area contributed by atoms with E-state index in [4.69, 9.17) is 0 Å². The Morgan fingerprint density at radius 1 is 1.38 bits per heavy atom. The summed E-state index contributed by atoms with van der Waals surface area (Å²) in [6, 6.07) is 5.79. The molecular weight excluding hydrogens is 209 g/mol. The van der Waals surface area contributed by atoms with Crippen LogP contribution >= 0.6 is 0 Å². The van der Waals surface area contributed by atoms with Crippen LogP contribution in [0.15, 0.2) is 24.3 Å². The molecule has 0 fully saturated rings. The number of nitrogens with one attached hydrogen (secondary N) is 1. The van der Waals surface area contributed by atoms with Gasteiger partial charge in [0.15, 0.2) is 0 Å². The Morgan fingerprint density at radius 2 is 2.00 bits per heavy atom. The molecule has 1 unspecified atom stereocenters. The Hall–Kier alpha value is -1.42. The molecule has 0 radical (unpaired) electrons. The van der Waals surface area contributed by atoms with Crippen molar-refractivity contribution in [2.24, 2.45) is 0 Å². The highest BCUT2D eigenvalue weighted by molar-refractivity contribution is 5.75. The second-order valence-electron chi connectivity index (χ2n) is 3.65. The molecule has 0 saturated carbocycles. The van der Waals surface area contributed by atoms with E-state index in [1.54, 1.807) is 32.0 Å². The van der Waals surface area contributed by atoms with Gasteiger partial charge in [-0.05, 0) is 19.9 Å². The summed E-state index contributed by atoms with van der Waals surface area (Å²) in [5.41, 5.74) is 0.540. The molecule has 0 aromatic heterocycles. The molecule has 3 nitrogen and oxygen atoms in total. The Balaban J connectivity index is 2.69. The minimum Gasteiger partial charge on any atom is -0.468 e. The molecule has 0 saturated heterocycles. The van der Waals surface area contributed by atoms with Crippen molar-refractivity contribution in [3.8, 4) is 0 Å². The minimum atomic E-state index is -0.459. The van der Waals surface area contributed by atoms with Crippen LogP contribution in [0.4, 0.5) is 4.39 Å². The van der Waals surface area contributed by atoms with Crippen molar-refractivity contribution in [2.45, 2.75) is 25.9 Å². The minimum absolute atomic E-state index is 0.240. The molecule has 1 aromatic carbocycles. The van der Waals surface area contributed by atoms with Gasteiger partial charge in [-0.1, -0.05) is 18.2 Å². The van der Waals surface area contributed by atoms with Gasteiger partial charge in [-0.3, -0.25) is 10.1 Å². The second-order valence-corrected chi connectivity index (χ2v) is 3.65. The molecule has 1 aromatic rings. The van der Waals surface area contributed by atoms with E-state index in [1.807, 2.05) is 0 Å². The van der Waals surface area contributed by atoms with E-state index in [0.717, 1.165) is 0 Å². The summed E-state index contributed by atoms with van der Waals surface area (Å²) in [5, 5.41) is 2.97. The van der Waals surface area contributed by atoms with Gasteiger partial charge in [0.05, 0.1) is 7.11 Å². The first-order valence-electron chi connectivity index (χ1n) is 5.14. The maximum atomic E-state index is 13.4. The van der Waals surface area contributed by atoms with Crippen molar-refractivity contribution in [3.63, 3.8) is 0 Å². The van der Waals surface area contributed by atoms with Crippen LogP contribution in [0.25, 0.3) is 0 Å². The van der Waals surface area contributed by atoms with Crippen LogP contribution < -0.4 is 5.32 Å². The molecule has 1 rings (SSSR count). The normalized spacial score (nSPS) is 14.2. The predicted molar refractivity (Wildman–Crippen MR) is 59.4 cm³/mol. The van der Waals surface area contributed by atoms with Crippen LogP contribution in [-0.2, 0) is 9.53 Å². The first kappa shape index (κ1) is 12.6. The van der Waals surface area contributed by atoms with Gasteiger partial charge in [0, 0.05) is 11.6 Å². The number of carbonyl (C=O) groups is 1. The average Bonchev–Trinajstić information content (AvgIpc) is 2.28. The molecule has 0 spiro atoms. The molecule has 0 amide bonds. The fourth-order valence-corrected chi connectivity index (χ4v) is 1.54. The molecule has 16 heavy (non-hydrogen) atoms. The Labute approximate surface area is 94.6 Å². The van der Waals surface area contributed by atoms with Crippen LogP contribution in [0.1, 0.15) is 25.5 Å². The largest absolute Gasteiger partial charge is 0.468 e. The van der Waals surface area contributed by atoms with Crippen LogP contribution in [0.3, 0.4) is 0 Å². The molecule has 4 heteroatoms. The lowest BCUT2D eigenvalue weighted by molar-refractivity contribution is -0.142. The monoisotopic (exact) mass is 225 g/mol. The van der Waals surface area contributed by atoms with Gasteiger partial charge in [0.2, 0.25) is 0 Å². The molecule has 0 heterocycles. The standard InChI is InChI=1S/C12H16FNO2/c1-8(14-9(2)12(15)16-3)10-6-4-5-7-11(10)13/h4-9,14H,1-3H3/t8?,9-/m0/s1. The third kappa shape index (κ3) is 3.03. The number of carbonyl (C=O) groups excluding carboxylic acids is 1. The molecule has 2 atom stereocenters. The quantitative estimate of drug-likeness (QED) is 0.797. The van der Waals surface area contributed by atoms with E-state index in [-0.39, 0.29) is 17.8 Å². The highest BCUT2D eigenvalue weighted by Gasteiger charge is 2.17. The van der Waals surface area contributed by atoms with Gasteiger partial charge in [-0.2, -0.15) is 0 Å². The molecule has 0 aliphatic rings. The smallest absolute Gasteiger partial charge is 0.322 e. The van der Waals surface area contributed by atoms with Gasteiger partial charge in [0.1, 0.15) is 11.9 Å². The Morgan fingerprint density at radius 3 is 2.56 bits per heavy atom. The van der Waals surface area contributed by atoms with Crippen LogP contribution in [-0.4, -0.2) is 19.1 Å². The zero-order valence-electron chi connectivity index (χ0n) is 9.66. The van der Waals surface area contributed by atoms with Crippen molar-refractivity contribution in [1.82, 2.24) is 5.32 Å². The van der Waals surface area contributed by atoms with Crippen LogP contribution in [0, 0.1) is 5.82 Å². The zero-order chi connectivity index (χ0) is 12.1. The van der Waals surface area contributed by atoms with E-state index in [1.165, 1.54) is 13.2 Å².